The number of nitrogens with two attached hydrogens (primary N) is 1. The second kappa shape index (κ2) is 7.80. The third kappa shape index (κ3) is 4.67. The summed E-state index contributed by atoms with van der Waals surface area (Å²) in [4.78, 5) is 20.1. The minimum absolute atomic E-state index is 0.121. The van der Waals surface area contributed by atoms with Crippen LogP contribution < -0.4 is 16.4 Å². The standard InChI is InChI=1S/C18H22ClN5O/c1-11(25)22-15-4-2-3-12(9-15)17-16(19)10-21-18(24-17)23-14-7-5-13(20)6-8-14/h2-4,9-10,13-14H,5-8,20H2,1H3,(H,22,25)(H,21,23,24). The van der Waals surface area contributed by atoms with Crippen LogP contribution in [0, 0.1) is 0 Å². The molecule has 1 aliphatic carbocycles. The minimum Gasteiger partial charge on any atom is -0.351 e. The summed E-state index contributed by atoms with van der Waals surface area (Å²) in [6.07, 6.45) is 5.65. The lowest BCUT2D eigenvalue weighted by Crippen LogP contribution is -2.33. The Balaban J connectivity index is 1.81. The summed E-state index contributed by atoms with van der Waals surface area (Å²) in [5.41, 5.74) is 8.12. The number of benzene rings is 1. The van der Waals surface area contributed by atoms with E-state index in [1.165, 1.54) is 6.92 Å². The summed E-state index contributed by atoms with van der Waals surface area (Å²) in [7, 11) is 0. The number of carbonyl (C=O) groups is 1. The number of aromatic nitrogens is 2. The highest BCUT2D eigenvalue weighted by molar-refractivity contribution is 6.32. The molecule has 0 atom stereocenters. The summed E-state index contributed by atoms with van der Waals surface area (Å²) in [5, 5.41) is 6.61. The van der Waals surface area contributed by atoms with Crippen LogP contribution in [-0.2, 0) is 4.79 Å². The Hall–Kier alpha value is -2.18. The molecule has 2 aromatic rings. The van der Waals surface area contributed by atoms with E-state index >= 15 is 0 Å². The van der Waals surface area contributed by atoms with Gasteiger partial charge in [-0.25, -0.2) is 9.97 Å². The summed E-state index contributed by atoms with van der Waals surface area (Å²) in [5.74, 6) is 0.439. The maximum absolute atomic E-state index is 11.2. The predicted octanol–water partition coefficient (Wildman–Crippen LogP) is 3.44. The van der Waals surface area contributed by atoms with Gasteiger partial charge in [-0.15, -0.1) is 0 Å². The van der Waals surface area contributed by atoms with E-state index in [2.05, 4.69) is 20.6 Å². The molecule has 0 spiro atoms. The predicted molar refractivity (Wildman–Crippen MR) is 101 cm³/mol. The van der Waals surface area contributed by atoms with E-state index in [9.17, 15) is 4.79 Å². The van der Waals surface area contributed by atoms with Gasteiger partial charge in [0.25, 0.3) is 0 Å². The van der Waals surface area contributed by atoms with E-state index in [-0.39, 0.29) is 5.91 Å². The molecule has 1 amide bonds. The van der Waals surface area contributed by atoms with E-state index in [0.29, 0.717) is 34.4 Å². The molecule has 1 aromatic carbocycles. The highest BCUT2D eigenvalue weighted by atomic mass is 35.5. The van der Waals surface area contributed by atoms with Crippen molar-refractivity contribution in [3.8, 4) is 11.3 Å². The minimum atomic E-state index is -0.121. The summed E-state index contributed by atoms with van der Waals surface area (Å²) >= 11 is 6.29. The summed E-state index contributed by atoms with van der Waals surface area (Å²) < 4.78 is 0. The Morgan fingerprint density at radius 2 is 2.04 bits per heavy atom. The van der Waals surface area contributed by atoms with Gasteiger partial charge in [-0.2, -0.15) is 0 Å². The summed E-state index contributed by atoms with van der Waals surface area (Å²) in [6, 6.07) is 8.07. The number of carbonyl (C=O) groups excluding carboxylic acids is 1. The molecule has 132 valence electrons. The zero-order chi connectivity index (χ0) is 17.8. The van der Waals surface area contributed by atoms with Crippen LogP contribution >= 0.6 is 11.6 Å². The van der Waals surface area contributed by atoms with Crippen LogP contribution in [0.2, 0.25) is 5.02 Å². The molecule has 0 aliphatic heterocycles. The van der Waals surface area contributed by atoms with Gasteiger partial charge >= 0.3 is 0 Å². The van der Waals surface area contributed by atoms with Crippen LogP contribution in [0.15, 0.2) is 30.5 Å². The molecule has 0 saturated heterocycles. The van der Waals surface area contributed by atoms with Gasteiger partial charge in [-0.05, 0) is 37.8 Å². The lowest BCUT2D eigenvalue weighted by Gasteiger charge is -2.26. The molecule has 7 heteroatoms. The number of nitrogens with one attached hydrogen (secondary N) is 2. The maximum Gasteiger partial charge on any atom is 0.223 e. The molecule has 0 bridgehead atoms. The average molecular weight is 360 g/mol. The van der Waals surface area contributed by atoms with Crippen LogP contribution in [0.3, 0.4) is 0 Å². The molecular weight excluding hydrogens is 338 g/mol. The lowest BCUT2D eigenvalue weighted by atomic mass is 9.92. The Bertz CT molecular complexity index is 759. The molecule has 1 heterocycles. The molecule has 1 saturated carbocycles. The highest BCUT2D eigenvalue weighted by Crippen LogP contribution is 2.29. The van der Waals surface area contributed by atoms with Crippen LogP contribution in [0.25, 0.3) is 11.3 Å². The Morgan fingerprint density at radius 3 is 2.76 bits per heavy atom. The van der Waals surface area contributed by atoms with Crippen molar-refractivity contribution in [2.24, 2.45) is 5.73 Å². The smallest absolute Gasteiger partial charge is 0.223 e. The van der Waals surface area contributed by atoms with Crippen LogP contribution in [0.1, 0.15) is 32.6 Å². The van der Waals surface area contributed by atoms with Crippen molar-refractivity contribution in [3.63, 3.8) is 0 Å². The van der Waals surface area contributed by atoms with E-state index in [0.717, 1.165) is 31.2 Å². The zero-order valence-corrected chi connectivity index (χ0v) is 14.9. The maximum atomic E-state index is 11.2. The van der Waals surface area contributed by atoms with Gasteiger partial charge in [0.05, 0.1) is 16.9 Å². The fourth-order valence-corrected chi connectivity index (χ4v) is 3.23. The summed E-state index contributed by atoms with van der Waals surface area (Å²) in [6.45, 7) is 1.47. The third-order valence-electron chi connectivity index (χ3n) is 4.31. The molecule has 1 fully saturated rings. The monoisotopic (exact) mass is 359 g/mol. The number of nitrogens with zero attached hydrogens (tertiary/aromatic N) is 2. The fourth-order valence-electron chi connectivity index (χ4n) is 3.03. The quantitative estimate of drug-likeness (QED) is 0.777. The van der Waals surface area contributed by atoms with Crippen molar-refractivity contribution in [3.05, 3.63) is 35.5 Å². The number of rotatable bonds is 4. The normalized spacial score (nSPS) is 20.1. The Labute approximate surface area is 152 Å². The molecule has 4 N–H and O–H groups in total. The van der Waals surface area contributed by atoms with Gasteiger partial charge in [0.1, 0.15) is 0 Å². The van der Waals surface area contributed by atoms with E-state index < -0.39 is 0 Å². The highest BCUT2D eigenvalue weighted by Gasteiger charge is 2.19. The van der Waals surface area contributed by atoms with Crippen molar-refractivity contribution in [2.75, 3.05) is 10.6 Å². The molecule has 6 nitrogen and oxygen atoms in total. The molecule has 1 aromatic heterocycles. The first-order chi connectivity index (χ1) is 12.0. The zero-order valence-electron chi connectivity index (χ0n) is 14.1. The van der Waals surface area contributed by atoms with Crippen molar-refractivity contribution < 1.29 is 4.79 Å². The molecule has 3 rings (SSSR count). The first-order valence-corrected chi connectivity index (χ1v) is 8.82. The van der Waals surface area contributed by atoms with Crippen molar-refractivity contribution in [1.29, 1.82) is 0 Å². The Morgan fingerprint density at radius 1 is 1.28 bits per heavy atom. The second-order valence-corrected chi connectivity index (χ2v) is 6.82. The number of amides is 1. The van der Waals surface area contributed by atoms with Crippen LogP contribution in [0.4, 0.5) is 11.6 Å². The Kier molecular flexibility index (Phi) is 5.50. The van der Waals surface area contributed by atoms with E-state index in [1.807, 2.05) is 24.3 Å². The number of anilines is 2. The first-order valence-electron chi connectivity index (χ1n) is 8.44. The fraction of sp³-hybridized carbons (Fsp3) is 0.389. The number of hydrogen-bond acceptors (Lipinski definition) is 5. The third-order valence-corrected chi connectivity index (χ3v) is 4.58. The molecular formula is C18H22ClN5O. The lowest BCUT2D eigenvalue weighted by molar-refractivity contribution is -0.114. The SMILES string of the molecule is CC(=O)Nc1cccc(-c2nc(NC3CCC(N)CC3)ncc2Cl)c1. The van der Waals surface area contributed by atoms with Gasteiger partial charge in [0.15, 0.2) is 0 Å². The first kappa shape index (κ1) is 17.6. The molecule has 0 unspecified atom stereocenters. The van der Waals surface area contributed by atoms with E-state index in [1.54, 1.807) is 6.20 Å². The topological polar surface area (TPSA) is 92.9 Å². The van der Waals surface area contributed by atoms with Gasteiger partial charge in [-0.3, -0.25) is 4.79 Å². The van der Waals surface area contributed by atoms with Crippen molar-refractivity contribution in [1.82, 2.24) is 9.97 Å². The van der Waals surface area contributed by atoms with Crippen molar-refractivity contribution >= 4 is 29.1 Å². The number of halogens is 1. The number of hydrogen-bond donors (Lipinski definition) is 3. The van der Waals surface area contributed by atoms with Gasteiger partial charge < -0.3 is 16.4 Å². The molecule has 1 aliphatic rings. The van der Waals surface area contributed by atoms with E-state index in [4.69, 9.17) is 17.3 Å². The largest absolute Gasteiger partial charge is 0.351 e. The average Bonchev–Trinajstić information content (AvgIpc) is 2.58. The second-order valence-electron chi connectivity index (χ2n) is 6.41. The van der Waals surface area contributed by atoms with Gasteiger partial charge in [-0.1, -0.05) is 23.7 Å². The van der Waals surface area contributed by atoms with Gasteiger partial charge in [0, 0.05) is 30.3 Å². The van der Waals surface area contributed by atoms with Gasteiger partial charge in [0.2, 0.25) is 11.9 Å². The van der Waals surface area contributed by atoms with Crippen molar-refractivity contribution in [2.45, 2.75) is 44.7 Å². The van der Waals surface area contributed by atoms with Crippen LogP contribution in [0.5, 0.6) is 0 Å². The molecule has 25 heavy (non-hydrogen) atoms. The van der Waals surface area contributed by atoms with Crippen LogP contribution in [-0.4, -0.2) is 28.0 Å². The molecule has 0 radical (unpaired) electrons.